The maximum absolute atomic E-state index is 12.0. The SMILES string of the molecule is Cc1ccc(Cn2ccc(C)c(C#N)c2=O)cc1. The van der Waals surface area contributed by atoms with Gasteiger partial charge in [0.2, 0.25) is 0 Å². The molecule has 3 nitrogen and oxygen atoms in total. The third-order valence-electron chi connectivity index (χ3n) is 2.96. The number of pyridine rings is 1. The predicted molar refractivity (Wildman–Crippen MR) is 70.4 cm³/mol. The Morgan fingerprint density at radius 2 is 1.83 bits per heavy atom. The van der Waals surface area contributed by atoms with Gasteiger partial charge in [-0.1, -0.05) is 29.8 Å². The van der Waals surface area contributed by atoms with E-state index in [4.69, 9.17) is 5.26 Å². The second-order valence-electron chi connectivity index (χ2n) is 4.40. The van der Waals surface area contributed by atoms with Gasteiger partial charge in [-0.2, -0.15) is 5.26 Å². The van der Waals surface area contributed by atoms with Crippen LogP contribution in [0.5, 0.6) is 0 Å². The largest absolute Gasteiger partial charge is 0.310 e. The summed E-state index contributed by atoms with van der Waals surface area (Å²) in [6.45, 7) is 4.29. The molecule has 0 N–H and O–H groups in total. The highest BCUT2D eigenvalue weighted by Gasteiger charge is 2.06. The lowest BCUT2D eigenvalue weighted by molar-refractivity contribution is 0.754. The molecule has 0 radical (unpaired) electrons. The summed E-state index contributed by atoms with van der Waals surface area (Å²) in [4.78, 5) is 12.0. The molecule has 0 unspecified atom stereocenters. The maximum Gasteiger partial charge on any atom is 0.269 e. The van der Waals surface area contributed by atoms with Gasteiger partial charge < -0.3 is 4.57 Å². The Balaban J connectivity index is 2.39. The van der Waals surface area contributed by atoms with Crippen molar-refractivity contribution in [2.24, 2.45) is 0 Å². The van der Waals surface area contributed by atoms with E-state index in [-0.39, 0.29) is 11.1 Å². The van der Waals surface area contributed by atoms with Crippen LogP contribution in [-0.2, 0) is 6.54 Å². The van der Waals surface area contributed by atoms with Crippen molar-refractivity contribution in [3.8, 4) is 6.07 Å². The number of nitrogens with zero attached hydrogens (tertiary/aromatic N) is 2. The maximum atomic E-state index is 12.0. The minimum absolute atomic E-state index is 0.224. The normalized spacial score (nSPS) is 10.1. The van der Waals surface area contributed by atoms with E-state index in [1.807, 2.05) is 37.3 Å². The summed E-state index contributed by atoms with van der Waals surface area (Å²) in [6, 6.07) is 11.8. The first-order valence-corrected chi connectivity index (χ1v) is 5.77. The first kappa shape index (κ1) is 12.1. The summed E-state index contributed by atoms with van der Waals surface area (Å²) in [5.41, 5.74) is 2.97. The van der Waals surface area contributed by atoms with Gasteiger partial charge in [0.05, 0.1) is 6.54 Å². The number of hydrogen-bond donors (Lipinski definition) is 0. The van der Waals surface area contributed by atoms with Crippen LogP contribution in [0.2, 0.25) is 0 Å². The monoisotopic (exact) mass is 238 g/mol. The topological polar surface area (TPSA) is 45.8 Å². The van der Waals surface area contributed by atoms with Crippen molar-refractivity contribution >= 4 is 0 Å². The van der Waals surface area contributed by atoms with Crippen LogP contribution in [-0.4, -0.2) is 4.57 Å². The number of hydrogen-bond acceptors (Lipinski definition) is 2. The fourth-order valence-corrected chi connectivity index (χ4v) is 1.82. The molecule has 0 amide bonds. The third-order valence-corrected chi connectivity index (χ3v) is 2.96. The van der Waals surface area contributed by atoms with Crippen molar-refractivity contribution in [3.63, 3.8) is 0 Å². The molecule has 0 fully saturated rings. The zero-order valence-electron chi connectivity index (χ0n) is 10.5. The molecule has 0 spiro atoms. The average Bonchev–Trinajstić information content (AvgIpc) is 2.36. The average molecular weight is 238 g/mol. The van der Waals surface area contributed by atoms with Crippen molar-refractivity contribution in [3.05, 3.63) is 69.1 Å². The smallest absolute Gasteiger partial charge is 0.269 e. The van der Waals surface area contributed by atoms with Crippen molar-refractivity contribution in [1.82, 2.24) is 4.57 Å². The molecule has 2 aromatic rings. The van der Waals surface area contributed by atoms with E-state index in [0.717, 1.165) is 11.1 Å². The summed E-state index contributed by atoms with van der Waals surface area (Å²) in [5, 5.41) is 8.96. The highest BCUT2D eigenvalue weighted by atomic mass is 16.1. The Morgan fingerprint density at radius 1 is 1.17 bits per heavy atom. The van der Waals surface area contributed by atoms with Gasteiger partial charge in [0.25, 0.3) is 5.56 Å². The Labute approximate surface area is 106 Å². The molecule has 1 heterocycles. The van der Waals surface area contributed by atoms with Gasteiger partial charge in [-0.3, -0.25) is 4.79 Å². The molecular formula is C15H14N2O. The van der Waals surface area contributed by atoms with Gasteiger partial charge in [-0.05, 0) is 31.0 Å². The number of aryl methyl sites for hydroxylation is 2. The Kier molecular flexibility index (Phi) is 3.29. The van der Waals surface area contributed by atoms with Crippen LogP contribution >= 0.6 is 0 Å². The molecule has 1 aromatic carbocycles. The van der Waals surface area contributed by atoms with Crippen LogP contribution in [0.1, 0.15) is 22.3 Å². The van der Waals surface area contributed by atoms with Crippen LogP contribution in [0.3, 0.4) is 0 Å². The van der Waals surface area contributed by atoms with E-state index in [1.165, 1.54) is 5.56 Å². The molecule has 0 saturated heterocycles. The molecule has 90 valence electrons. The van der Waals surface area contributed by atoms with Gasteiger partial charge >= 0.3 is 0 Å². The van der Waals surface area contributed by atoms with E-state index < -0.39 is 0 Å². The van der Waals surface area contributed by atoms with Gasteiger partial charge in [0, 0.05) is 6.20 Å². The van der Waals surface area contributed by atoms with Crippen molar-refractivity contribution in [1.29, 1.82) is 5.26 Å². The number of benzene rings is 1. The highest BCUT2D eigenvalue weighted by Crippen LogP contribution is 2.06. The quantitative estimate of drug-likeness (QED) is 0.806. The van der Waals surface area contributed by atoms with Crippen LogP contribution in [0.15, 0.2) is 41.3 Å². The first-order chi connectivity index (χ1) is 8.61. The van der Waals surface area contributed by atoms with E-state index in [2.05, 4.69) is 0 Å². The lowest BCUT2D eigenvalue weighted by atomic mass is 10.1. The highest BCUT2D eigenvalue weighted by molar-refractivity contribution is 5.34. The molecule has 0 saturated carbocycles. The van der Waals surface area contributed by atoms with E-state index >= 15 is 0 Å². The molecule has 18 heavy (non-hydrogen) atoms. The summed E-state index contributed by atoms with van der Waals surface area (Å²) >= 11 is 0. The fourth-order valence-electron chi connectivity index (χ4n) is 1.82. The molecule has 0 bridgehead atoms. The van der Waals surface area contributed by atoms with Crippen LogP contribution in [0, 0.1) is 25.2 Å². The summed E-state index contributed by atoms with van der Waals surface area (Å²) in [7, 11) is 0. The lowest BCUT2D eigenvalue weighted by Gasteiger charge is -2.07. The molecule has 0 atom stereocenters. The summed E-state index contributed by atoms with van der Waals surface area (Å²) in [5.74, 6) is 0. The summed E-state index contributed by atoms with van der Waals surface area (Å²) < 4.78 is 1.57. The van der Waals surface area contributed by atoms with Gasteiger partial charge in [-0.25, -0.2) is 0 Å². The minimum atomic E-state index is -0.224. The van der Waals surface area contributed by atoms with Gasteiger partial charge in [0.1, 0.15) is 11.6 Å². The Hall–Kier alpha value is -2.34. The molecule has 0 aliphatic rings. The molecular weight excluding hydrogens is 224 g/mol. The standard InChI is InChI=1S/C15H14N2O/c1-11-3-5-13(6-4-11)10-17-8-7-12(2)14(9-16)15(17)18/h3-8H,10H2,1-2H3. The van der Waals surface area contributed by atoms with E-state index in [1.54, 1.807) is 23.8 Å². The summed E-state index contributed by atoms with van der Waals surface area (Å²) in [6.07, 6.45) is 1.73. The predicted octanol–water partition coefficient (Wildman–Crippen LogP) is 2.39. The van der Waals surface area contributed by atoms with Crippen molar-refractivity contribution in [2.75, 3.05) is 0 Å². The zero-order valence-corrected chi connectivity index (χ0v) is 10.5. The lowest BCUT2D eigenvalue weighted by Crippen LogP contribution is -2.23. The molecule has 2 rings (SSSR count). The number of rotatable bonds is 2. The minimum Gasteiger partial charge on any atom is -0.310 e. The number of aromatic nitrogens is 1. The molecule has 0 aliphatic carbocycles. The number of nitriles is 1. The van der Waals surface area contributed by atoms with Crippen LogP contribution in [0.25, 0.3) is 0 Å². The van der Waals surface area contributed by atoms with Crippen molar-refractivity contribution < 1.29 is 0 Å². The molecule has 1 aromatic heterocycles. The van der Waals surface area contributed by atoms with Crippen LogP contribution in [0.4, 0.5) is 0 Å². The third kappa shape index (κ3) is 2.33. The van der Waals surface area contributed by atoms with Gasteiger partial charge in [-0.15, -0.1) is 0 Å². The Morgan fingerprint density at radius 3 is 2.44 bits per heavy atom. The second kappa shape index (κ2) is 4.89. The van der Waals surface area contributed by atoms with Gasteiger partial charge in [0.15, 0.2) is 0 Å². The van der Waals surface area contributed by atoms with Crippen molar-refractivity contribution in [2.45, 2.75) is 20.4 Å². The first-order valence-electron chi connectivity index (χ1n) is 5.77. The van der Waals surface area contributed by atoms with E-state index in [9.17, 15) is 4.79 Å². The Bertz CT molecular complexity index is 660. The van der Waals surface area contributed by atoms with E-state index in [0.29, 0.717) is 6.54 Å². The zero-order chi connectivity index (χ0) is 13.1. The molecule has 3 heteroatoms. The fraction of sp³-hybridized carbons (Fsp3) is 0.200. The molecule has 0 aliphatic heterocycles. The van der Waals surface area contributed by atoms with Crippen LogP contribution < -0.4 is 5.56 Å². The second-order valence-corrected chi connectivity index (χ2v) is 4.40.